The summed E-state index contributed by atoms with van der Waals surface area (Å²) in [5, 5.41) is 3.25. The molecule has 0 radical (unpaired) electrons. The molecule has 0 saturated carbocycles. The highest BCUT2D eigenvalue weighted by atomic mass is 35.5. The molecule has 0 aromatic heterocycles. The number of hydrogen-bond acceptors (Lipinski definition) is 4. The fourth-order valence-corrected chi connectivity index (χ4v) is 6.46. The number of carbonyl (C=O) groups is 2. The number of unbranched alkanes of at least 4 members (excludes halogenated alkanes) is 1. The van der Waals surface area contributed by atoms with Gasteiger partial charge in [-0.2, -0.15) is 0 Å². The van der Waals surface area contributed by atoms with Crippen molar-refractivity contribution in [3.8, 4) is 0 Å². The molecule has 0 aliphatic carbocycles. The van der Waals surface area contributed by atoms with Gasteiger partial charge in [0.15, 0.2) is 0 Å². The third-order valence-electron chi connectivity index (χ3n) is 7.45. The Morgan fingerprint density at radius 2 is 1.56 bits per heavy atom. The van der Waals surface area contributed by atoms with Gasteiger partial charge >= 0.3 is 0 Å². The summed E-state index contributed by atoms with van der Waals surface area (Å²) in [6.45, 7) is 3.28. The van der Waals surface area contributed by atoms with Crippen LogP contribution in [-0.4, -0.2) is 44.3 Å². The van der Waals surface area contributed by atoms with Crippen LogP contribution in [0, 0.1) is 12.7 Å². The molecule has 4 rings (SSSR count). The number of sulfonamides is 1. The van der Waals surface area contributed by atoms with Crippen LogP contribution in [0.4, 0.5) is 10.1 Å². The molecule has 236 valence electrons. The summed E-state index contributed by atoms with van der Waals surface area (Å²) in [5.41, 5.74) is 1.90. The van der Waals surface area contributed by atoms with Gasteiger partial charge in [-0.25, -0.2) is 12.8 Å². The number of nitrogens with zero attached hydrogens (tertiary/aromatic N) is 2. The Morgan fingerprint density at radius 3 is 2.20 bits per heavy atom. The highest BCUT2D eigenvalue weighted by molar-refractivity contribution is 7.92. The largest absolute Gasteiger partial charge is 0.354 e. The minimum Gasteiger partial charge on any atom is -0.354 e. The second kappa shape index (κ2) is 15.7. The molecule has 0 saturated heterocycles. The molecule has 4 aromatic rings. The van der Waals surface area contributed by atoms with Crippen molar-refractivity contribution in [1.29, 1.82) is 0 Å². The van der Waals surface area contributed by atoms with E-state index in [-0.39, 0.29) is 29.1 Å². The lowest BCUT2D eigenvalue weighted by Gasteiger charge is -2.34. The van der Waals surface area contributed by atoms with Gasteiger partial charge in [0.2, 0.25) is 11.8 Å². The van der Waals surface area contributed by atoms with Gasteiger partial charge in [0, 0.05) is 30.1 Å². The SMILES string of the molecule is CCCCNC(=O)[C@H](Cc1ccccc1)N(Cc1ccccc1F)C(=O)CN(c1ccc(C)c(Cl)c1)S(=O)(=O)c1ccccc1. The van der Waals surface area contributed by atoms with Crippen molar-refractivity contribution in [1.82, 2.24) is 10.2 Å². The van der Waals surface area contributed by atoms with Crippen LogP contribution in [0.1, 0.15) is 36.5 Å². The van der Waals surface area contributed by atoms with E-state index in [1.54, 1.807) is 55.5 Å². The molecule has 2 amide bonds. The van der Waals surface area contributed by atoms with Gasteiger partial charge < -0.3 is 10.2 Å². The van der Waals surface area contributed by atoms with Crippen LogP contribution in [0.3, 0.4) is 0 Å². The van der Waals surface area contributed by atoms with Crippen LogP contribution in [0.2, 0.25) is 5.02 Å². The summed E-state index contributed by atoms with van der Waals surface area (Å²) in [6, 6.07) is 26.7. The molecular weight excluding hydrogens is 613 g/mol. The Morgan fingerprint density at radius 1 is 0.911 bits per heavy atom. The van der Waals surface area contributed by atoms with Crippen LogP contribution in [0.15, 0.2) is 108 Å². The van der Waals surface area contributed by atoms with Crippen molar-refractivity contribution in [2.75, 3.05) is 17.4 Å². The number of anilines is 1. The lowest BCUT2D eigenvalue weighted by atomic mass is 10.0. The van der Waals surface area contributed by atoms with Gasteiger partial charge in [-0.15, -0.1) is 0 Å². The van der Waals surface area contributed by atoms with Crippen LogP contribution in [0.5, 0.6) is 0 Å². The predicted molar refractivity (Wildman–Crippen MR) is 176 cm³/mol. The molecule has 0 fully saturated rings. The van der Waals surface area contributed by atoms with E-state index in [0.717, 1.165) is 28.3 Å². The molecular formula is C35H37ClFN3O4S. The molecule has 0 spiro atoms. The molecule has 0 heterocycles. The summed E-state index contributed by atoms with van der Waals surface area (Å²) >= 11 is 6.41. The average molecular weight is 650 g/mol. The van der Waals surface area contributed by atoms with E-state index in [1.807, 2.05) is 37.3 Å². The van der Waals surface area contributed by atoms with Gasteiger partial charge in [0.25, 0.3) is 10.0 Å². The maximum atomic E-state index is 15.0. The number of carbonyl (C=O) groups excluding carboxylic acids is 2. The predicted octanol–water partition coefficient (Wildman–Crippen LogP) is 6.54. The molecule has 1 atom stereocenters. The van der Waals surface area contributed by atoms with Gasteiger partial charge in [0.1, 0.15) is 18.4 Å². The zero-order valence-electron chi connectivity index (χ0n) is 25.3. The van der Waals surface area contributed by atoms with Crippen molar-refractivity contribution in [2.45, 2.75) is 50.6 Å². The van der Waals surface area contributed by atoms with E-state index in [0.29, 0.717) is 11.6 Å². The number of halogens is 2. The van der Waals surface area contributed by atoms with Crippen LogP contribution >= 0.6 is 11.6 Å². The summed E-state index contributed by atoms with van der Waals surface area (Å²) in [7, 11) is -4.26. The van der Waals surface area contributed by atoms with Crippen molar-refractivity contribution >= 4 is 39.1 Å². The smallest absolute Gasteiger partial charge is 0.264 e. The zero-order chi connectivity index (χ0) is 32.4. The lowest BCUT2D eigenvalue weighted by molar-refractivity contribution is -0.140. The second-order valence-corrected chi connectivity index (χ2v) is 13.0. The normalized spacial score (nSPS) is 11.9. The molecule has 0 unspecified atom stereocenters. The van der Waals surface area contributed by atoms with E-state index in [2.05, 4.69) is 5.32 Å². The average Bonchev–Trinajstić information content (AvgIpc) is 3.04. The van der Waals surface area contributed by atoms with Crippen molar-refractivity contribution in [3.05, 3.63) is 131 Å². The van der Waals surface area contributed by atoms with E-state index < -0.39 is 40.2 Å². The van der Waals surface area contributed by atoms with Gasteiger partial charge in [0.05, 0.1) is 10.6 Å². The fourth-order valence-electron chi connectivity index (χ4n) is 4.86. The summed E-state index contributed by atoms with van der Waals surface area (Å²) in [6.07, 6.45) is 1.73. The van der Waals surface area contributed by atoms with Gasteiger partial charge in [-0.1, -0.05) is 97.7 Å². The van der Waals surface area contributed by atoms with Crippen LogP contribution in [0.25, 0.3) is 0 Å². The number of rotatable bonds is 14. The standard InChI is InChI=1S/C35H37ClFN3O4S/c1-3-4-21-38-35(42)33(22-27-13-7-5-8-14-27)39(24-28-15-11-12-18-32(28)37)34(41)25-40(29-20-19-26(2)31(36)23-29)45(43,44)30-16-9-6-10-17-30/h5-20,23,33H,3-4,21-22,24-25H2,1-2H3,(H,38,42)/t33-/m0/s1. The Kier molecular flexibility index (Phi) is 11.7. The number of aryl methyl sites for hydroxylation is 1. The number of benzene rings is 4. The van der Waals surface area contributed by atoms with Gasteiger partial charge in [-0.05, 0) is 54.8 Å². The van der Waals surface area contributed by atoms with Crippen molar-refractivity contribution in [2.24, 2.45) is 0 Å². The van der Waals surface area contributed by atoms with Crippen LogP contribution in [-0.2, 0) is 32.6 Å². The number of hydrogen-bond donors (Lipinski definition) is 1. The quantitative estimate of drug-likeness (QED) is 0.157. The Balaban J connectivity index is 1.81. The molecule has 4 aromatic carbocycles. The first kappa shape index (κ1) is 33.7. The molecule has 0 aliphatic heterocycles. The zero-order valence-corrected chi connectivity index (χ0v) is 26.9. The third-order valence-corrected chi connectivity index (χ3v) is 9.65. The second-order valence-electron chi connectivity index (χ2n) is 10.7. The van der Waals surface area contributed by atoms with Crippen molar-refractivity contribution in [3.63, 3.8) is 0 Å². The van der Waals surface area contributed by atoms with Crippen molar-refractivity contribution < 1.29 is 22.4 Å². The van der Waals surface area contributed by atoms with Gasteiger partial charge in [-0.3, -0.25) is 13.9 Å². The first-order valence-corrected chi connectivity index (χ1v) is 16.6. The third kappa shape index (κ3) is 8.71. The highest BCUT2D eigenvalue weighted by Gasteiger charge is 2.35. The maximum Gasteiger partial charge on any atom is 0.264 e. The molecule has 7 nitrogen and oxygen atoms in total. The molecule has 45 heavy (non-hydrogen) atoms. The molecule has 1 N–H and O–H groups in total. The number of nitrogens with one attached hydrogen (secondary N) is 1. The summed E-state index contributed by atoms with van der Waals surface area (Å²) in [4.78, 5) is 29.4. The van der Waals surface area contributed by atoms with E-state index >= 15 is 4.39 Å². The van der Waals surface area contributed by atoms with E-state index in [4.69, 9.17) is 11.6 Å². The molecule has 10 heteroatoms. The molecule has 0 bridgehead atoms. The lowest BCUT2D eigenvalue weighted by Crippen LogP contribution is -2.53. The van der Waals surface area contributed by atoms with E-state index in [9.17, 15) is 18.0 Å². The fraction of sp³-hybridized carbons (Fsp3) is 0.257. The monoisotopic (exact) mass is 649 g/mol. The Bertz CT molecular complexity index is 1700. The minimum absolute atomic E-state index is 0.0201. The number of amides is 2. The van der Waals surface area contributed by atoms with Crippen LogP contribution < -0.4 is 9.62 Å². The molecule has 0 aliphatic rings. The summed E-state index contributed by atoms with van der Waals surface area (Å²) in [5.74, 6) is -1.63. The maximum absolute atomic E-state index is 15.0. The Hall–Kier alpha value is -4.21. The summed E-state index contributed by atoms with van der Waals surface area (Å²) < 4.78 is 44.1. The first-order chi connectivity index (χ1) is 21.6. The van der Waals surface area contributed by atoms with E-state index in [1.165, 1.54) is 29.2 Å². The Labute approximate surface area is 269 Å². The first-order valence-electron chi connectivity index (χ1n) is 14.8. The minimum atomic E-state index is -4.26. The highest BCUT2D eigenvalue weighted by Crippen LogP contribution is 2.29. The topological polar surface area (TPSA) is 86.8 Å².